The number of nitrogens with zero attached hydrogens (tertiary/aromatic N) is 2. The zero-order valence-electron chi connectivity index (χ0n) is 12.6. The summed E-state index contributed by atoms with van der Waals surface area (Å²) in [6.45, 7) is 2.06. The highest BCUT2D eigenvalue weighted by molar-refractivity contribution is 6.33. The average molecular weight is 328 g/mol. The molecule has 0 saturated carbocycles. The van der Waals surface area contributed by atoms with E-state index < -0.39 is 0 Å². The molecule has 0 amide bonds. The molecule has 23 heavy (non-hydrogen) atoms. The minimum absolute atomic E-state index is 0.410. The molecule has 1 aliphatic heterocycles. The molecule has 3 N–H and O–H groups in total. The van der Waals surface area contributed by atoms with E-state index in [-0.39, 0.29) is 0 Å². The van der Waals surface area contributed by atoms with Crippen LogP contribution < -0.4 is 10.6 Å². The lowest BCUT2D eigenvalue weighted by Gasteiger charge is -2.23. The van der Waals surface area contributed by atoms with Crippen molar-refractivity contribution in [3.05, 3.63) is 41.7 Å². The molecular weight excluding hydrogens is 310 g/mol. The molecule has 0 aliphatic carbocycles. The van der Waals surface area contributed by atoms with Crippen LogP contribution >= 0.6 is 11.6 Å². The fraction of sp³-hybridized carbons (Fsp3) is 0.294. The molecule has 0 spiro atoms. The van der Waals surface area contributed by atoms with E-state index in [1.54, 1.807) is 6.20 Å². The maximum atomic E-state index is 6.35. The van der Waals surface area contributed by atoms with E-state index in [0.717, 1.165) is 48.1 Å². The first-order chi connectivity index (χ1) is 11.3. The van der Waals surface area contributed by atoms with Crippen LogP contribution in [-0.2, 0) is 0 Å². The number of fused-ring (bicyclic) bond motifs is 1. The maximum absolute atomic E-state index is 6.35. The van der Waals surface area contributed by atoms with E-state index in [0.29, 0.717) is 17.0 Å². The molecule has 6 heteroatoms. The van der Waals surface area contributed by atoms with Gasteiger partial charge in [-0.2, -0.15) is 0 Å². The second-order valence-electron chi connectivity index (χ2n) is 5.81. The standard InChI is InChI=1S/C17H18ClN5/c18-14-10-21-17(22-11-5-7-19-8-6-11)23-16(14)13-9-20-15-4-2-1-3-12(13)15/h1-4,9-11,19-20H,5-8H2,(H,21,22,23). The Kier molecular flexibility index (Phi) is 3.89. The molecule has 0 bridgehead atoms. The van der Waals surface area contributed by atoms with E-state index in [4.69, 9.17) is 11.6 Å². The maximum Gasteiger partial charge on any atom is 0.223 e. The predicted molar refractivity (Wildman–Crippen MR) is 93.8 cm³/mol. The van der Waals surface area contributed by atoms with Crippen LogP contribution in [0.1, 0.15) is 12.8 Å². The van der Waals surface area contributed by atoms with Crippen molar-refractivity contribution >= 4 is 28.5 Å². The summed E-state index contributed by atoms with van der Waals surface area (Å²) in [6.07, 6.45) is 5.78. The van der Waals surface area contributed by atoms with Crippen LogP contribution in [0.2, 0.25) is 5.02 Å². The topological polar surface area (TPSA) is 65.6 Å². The number of benzene rings is 1. The second-order valence-corrected chi connectivity index (χ2v) is 6.21. The van der Waals surface area contributed by atoms with Gasteiger partial charge in [0.05, 0.1) is 16.9 Å². The molecule has 1 saturated heterocycles. The molecule has 0 radical (unpaired) electrons. The van der Waals surface area contributed by atoms with Gasteiger partial charge in [-0.05, 0) is 32.0 Å². The largest absolute Gasteiger partial charge is 0.360 e. The van der Waals surface area contributed by atoms with Gasteiger partial charge in [0.2, 0.25) is 5.95 Å². The first kappa shape index (κ1) is 14.5. The molecule has 4 rings (SSSR count). The van der Waals surface area contributed by atoms with Crippen molar-refractivity contribution in [3.63, 3.8) is 0 Å². The van der Waals surface area contributed by atoms with Gasteiger partial charge in [-0.1, -0.05) is 29.8 Å². The number of hydrogen-bond donors (Lipinski definition) is 3. The van der Waals surface area contributed by atoms with Crippen molar-refractivity contribution in [2.24, 2.45) is 0 Å². The fourth-order valence-corrected chi connectivity index (χ4v) is 3.23. The Balaban J connectivity index is 1.69. The number of piperidine rings is 1. The van der Waals surface area contributed by atoms with Crippen LogP contribution in [0.15, 0.2) is 36.7 Å². The van der Waals surface area contributed by atoms with E-state index in [9.17, 15) is 0 Å². The lowest BCUT2D eigenvalue weighted by molar-refractivity contribution is 0.477. The quantitative estimate of drug-likeness (QED) is 0.689. The van der Waals surface area contributed by atoms with E-state index in [2.05, 4.69) is 31.7 Å². The summed E-state index contributed by atoms with van der Waals surface area (Å²) in [5.74, 6) is 0.640. The number of rotatable bonds is 3. The lowest BCUT2D eigenvalue weighted by atomic mass is 10.1. The molecule has 0 atom stereocenters. The number of anilines is 1. The van der Waals surface area contributed by atoms with Crippen LogP contribution in [0.5, 0.6) is 0 Å². The highest BCUT2D eigenvalue weighted by Crippen LogP contribution is 2.32. The highest BCUT2D eigenvalue weighted by Gasteiger charge is 2.16. The van der Waals surface area contributed by atoms with Crippen molar-refractivity contribution in [1.29, 1.82) is 0 Å². The van der Waals surface area contributed by atoms with Gasteiger partial charge in [-0.15, -0.1) is 0 Å². The van der Waals surface area contributed by atoms with Crippen LogP contribution in [0.3, 0.4) is 0 Å². The van der Waals surface area contributed by atoms with Crippen molar-refractivity contribution in [3.8, 4) is 11.3 Å². The number of H-pyrrole nitrogens is 1. The highest BCUT2D eigenvalue weighted by atomic mass is 35.5. The van der Waals surface area contributed by atoms with Crippen LogP contribution in [-0.4, -0.2) is 34.1 Å². The molecular formula is C17H18ClN5. The molecule has 1 aromatic carbocycles. The van der Waals surface area contributed by atoms with Gasteiger partial charge < -0.3 is 15.6 Å². The Morgan fingerprint density at radius 3 is 2.87 bits per heavy atom. The Morgan fingerprint density at radius 1 is 1.17 bits per heavy atom. The van der Waals surface area contributed by atoms with Gasteiger partial charge in [0.25, 0.3) is 0 Å². The van der Waals surface area contributed by atoms with Gasteiger partial charge in [-0.3, -0.25) is 0 Å². The Bertz CT molecular complexity index is 823. The summed E-state index contributed by atoms with van der Waals surface area (Å²) in [6, 6.07) is 8.55. The number of hydrogen-bond acceptors (Lipinski definition) is 4. The summed E-state index contributed by atoms with van der Waals surface area (Å²) in [5.41, 5.74) is 2.84. The molecule has 1 fully saturated rings. The average Bonchev–Trinajstić information content (AvgIpc) is 3.01. The van der Waals surface area contributed by atoms with E-state index in [1.807, 2.05) is 24.4 Å². The molecule has 2 aromatic heterocycles. The number of para-hydroxylation sites is 1. The molecule has 0 unspecified atom stereocenters. The van der Waals surface area contributed by atoms with E-state index >= 15 is 0 Å². The van der Waals surface area contributed by atoms with Crippen LogP contribution in [0.25, 0.3) is 22.2 Å². The third-order valence-corrected chi connectivity index (χ3v) is 4.54. The summed E-state index contributed by atoms with van der Waals surface area (Å²) in [7, 11) is 0. The Labute approximate surface area is 139 Å². The van der Waals surface area contributed by atoms with Crippen molar-refractivity contribution < 1.29 is 0 Å². The molecule has 118 valence electrons. The third kappa shape index (κ3) is 2.90. The van der Waals surface area contributed by atoms with E-state index in [1.165, 1.54) is 0 Å². The third-order valence-electron chi connectivity index (χ3n) is 4.26. The summed E-state index contributed by atoms with van der Waals surface area (Å²) in [4.78, 5) is 12.3. The number of aromatic nitrogens is 3. The van der Waals surface area contributed by atoms with Crippen LogP contribution in [0.4, 0.5) is 5.95 Å². The summed E-state index contributed by atoms with van der Waals surface area (Å²) >= 11 is 6.35. The Morgan fingerprint density at radius 2 is 2.00 bits per heavy atom. The van der Waals surface area contributed by atoms with Crippen molar-refractivity contribution in [2.75, 3.05) is 18.4 Å². The minimum atomic E-state index is 0.410. The van der Waals surface area contributed by atoms with Crippen molar-refractivity contribution in [1.82, 2.24) is 20.3 Å². The van der Waals surface area contributed by atoms with Gasteiger partial charge in [-0.25, -0.2) is 9.97 Å². The number of halogens is 1. The minimum Gasteiger partial charge on any atom is -0.360 e. The van der Waals surface area contributed by atoms with Gasteiger partial charge in [0, 0.05) is 28.7 Å². The summed E-state index contributed by atoms with van der Waals surface area (Å²) < 4.78 is 0. The number of aromatic amines is 1. The molecule has 1 aliphatic rings. The smallest absolute Gasteiger partial charge is 0.223 e. The normalized spacial score (nSPS) is 15.9. The summed E-state index contributed by atoms with van der Waals surface area (Å²) in [5, 5.41) is 8.46. The lowest BCUT2D eigenvalue weighted by Crippen LogP contribution is -2.35. The van der Waals surface area contributed by atoms with Gasteiger partial charge in [0.15, 0.2) is 0 Å². The predicted octanol–water partition coefficient (Wildman–Crippen LogP) is 3.44. The SMILES string of the molecule is Clc1cnc(NC2CCNCC2)nc1-c1c[nH]c2ccccc12. The molecule has 3 heterocycles. The fourth-order valence-electron chi connectivity index (χ4n) is 3.04. The van der Waals surface area contributed by atoms with Gasteiger partial charge in [0.1, 0.15) is 0 Å². The first-order valence-electron chi connectivity index (χ1n) is 7.87. The van der Waals surface area contributed by atoms with Gasteiger partial charge >= 0.3 is 0 Å². The zero-order valence-corrected chi connectivity index (χ0v) is 13.4. The molecule has 5 nitrogen and oxygen atoms in total. The second kappa shape index (κ2) is 6.18. The monoisotopic (exact) mass is 327 g/mol. The molecule has 3 aromatic rings. The van der Waals surface area contributed by atoms with Crippen LogP contribution in [0, 0.1) is 0 Å². The zero-order chi connectivity index (χ0) is 15.6. The Hall–Kier alpha value is -2.11. The first-order valence-corrected chi connectivity index (χ1v) is 8.25. The van der Waals surface area contributed by atoms with Crippen molar-refractivity contribution in [2.45, 2.75) is 18.9 Å². The number of nitrogens with one attached hydrogen (secondary N) is 3.